The van der Waals surface area contributed by atoms with Crippen LogP contribution in [0.25, 0.3) is 0 Å². The first-order chi connectivity index (χ1) is 10.2. The minimum atomic E-state index is 0.609. The fourth-order valence-electron chi connectivity index (χ4n) is 3.02. The smallest absolute Gasteiger partial charge is 0.173 e. The van der Waals surface area contributed by atoms with Gasteiger partial charge in [0.1, 0.15) is 0 Å². The molecule has 3 heteroatoms. The molecule has 116 valence electrons. The van der Waals surface area contributed by atoms with Crippen molar-refractivity contribution in [1.82, 2.24) is 4.90 Å². The van der Waals surface area contributed by atoms with Crippen molar-refractivity contribution >= 4 is 23.0 Å². The molecule has 0 amide bonds. The van der Waals surface area contributed by atoms with E-state index in [1.807, 2.05) is 0 Å². The maximum absolute atomic E-state index is 5.62. The lowest BCUT2D eigenvalue weighted by molar-refractivity contribution is 0.239. The molecule has 1 aliphatic rings. The normalized spacial score (nSPS) is 20.1. The molecule has 0 spiro atoms. The van der Waals surface area contributed by atoms with E-state index in [1.165, 1.54) is 37.7 Å². The highest BCUT2D eigenvalue weighted by atomic mass is 32.1. The number of piperidine rings is 1. The number of rotatable bonds is 4. The first kappa shape index (κ1) is 16.3. The lowest BCUT2D eigenvalue weighted by atomic mass is 9.98. The molecule has 1 N–H and O–H groups in total. The first-order valence-corrected chi connectivity index (χ1v) is 8.74. The molecule has 1 aromatic carbocycles. The van der Waals surface area contributed by atoms with Crippen LogP contribution in [0.3, 0.4) is 0 Å². The van der Waals surface area contributed by atoms with Crippen molar-refractivity contribution in [3.8, 4) is 0 Å². The van der Waals surface area contributed by atoms with E-state index < -0.39 is 0 Å². The second-order valence-electron chi connectivity index (χ2n) is 6.11. The standard InChI is InChI=1S/C18H28N2S/c1-4-14(3)15-9-11-16(12-10-15)19-18(21)20-13-7-6-8-17(20)5-2/h9-12,14,17H,4-8,13H2,1-3H3,(H,19,21). The van der Waals surface area contributed by atoms with Crippen LogP contribution in [0.5, 0.6) is 0 Å². The van der Waals surface area contributed by atoms with Crippen LogP contribution < -0.4 is 5.32 Å². The van der Waals surface area contributed by atoms with E-state index in [0.29, 0.717) is 12.0 Å². The van der Waals surface area contributed by atoms with Gasteiger partial charge in [0.25, 0.3) is 0 Å². The van der Waals surface area contributed by atoms with Crippen LogP contribution in [0, 0.1) is 0 Å². The molecule has 21 heavy (non-hydrogen) atoms. The molecule has 1 saturated heterocycles. The predicted octanol–water partition coefficient (Wildman–Crippen LogP) is 5.16. The maximum Gasteiger partial charge on any atom is 0.173 e. The topological polar surface area (TPSA) is 15.3 Å². The van der Waals surface area contributed by atoms with Crippen molar-refractivity contribution in [1.29, 1.82) is 0 Å². The molecule has 0 aromatic heterocycles. The van der Waals surface area contributed by atoms with Crippen molar-refractivity contribution < 1.29 is 0 Å². The number of likely N-dealkylation sites (tertiary alicyclic amines) is 1. The van der Waals surface area contributed by atoms with E-state index >= 15 is 0 Å². The van der Waals surface area contributed by atoms with Crippen LogP contribution in [0.4, 0.5) is 5.69 Å². The molecular formula is C18H28N2S. The lowest BCUT2D eigenvalue weighted by Crippen LogP contribution is -2.45. The molecule has 2 unspecified atom stereocenters. The van der Waals surface area contributed by atoms with Crippen LogP contribution in [0.1, 0.15) is 64.4 Å². The maximum atomic E-state index is 5.62. The third-order valence-corrected chi connectivity index (χ3v) is 5.04. The summed E-state index contributed by atoms with van der Waals surface area (Å²) in [7, 11) is 0. The number of thiocarbonyl (C=S) groups is 1. The third kappa shape index (κ3) is 4.19. The summed E-state index contributed by atoms with van der Waals surface area (Å²) in [5.41, 5.74) is 2.51. The summed E-state index contributed by atoms with van der Waals surface area (Å²) in [5, 5.41) is 4.30. The fraction of sp³-hybridized carbons (Fsp3) is 0.611. The monoisotopic (exact) mass is 304 g/mol. The molecule has 0 aliphatic carbocycles. The minimum absolute atomic E-state index is 0.609. The second kappa shape index (κ2) is 7.79. The van der Waals surface area contributed by atoms with Crippen molar-refractivity contribution in [3.05, 3.63) is 29.8 Å². The molecule has 0 radical (unpaired) electrons. The average molecular weight is 305 g/mol. The van der Waals surface area contributed by atoms with Gasteiger partial charge in [0.2, 0.25) is 0 Å². The van der Waals surface area contributed by atoms with Gasteiger partial charge >= 0.3 is 0 Å². The van der Waals surface area contributed by atoms with E-state index in [2.05, 4.69) is 55.3 Å². The van der Waals surface area contributed by atoms with Gasteiger partial charge in [0.15, 0.2) is 5.11 Å². The van der Waals surface area contributed by atoms with Crippen LogP contribution in [0.2, 0.25) is 0 Å². The number of hydrogen-bond acceptors (Lipinski definition) is 1. The van der Waals surface area contributed by atoms with E-state index in [9.17, 15) is 0 Å². The summed E-state index contributed by atoms with van der Waals surface area (Å²) >= 11 is 5.62. The number of benzene rings is 1. The molecule has 0 saturated carbocycles. The van der Waals surface area contributed by atoms with Crippen molar-refractivity contribution in [3.63, 3.8) is 0 Å². The van der Waals surface area contributed by atoms with Crippen molar-refractivity contribution in [2.24, 2.45) is 0 Å². The van der Waals surface area contributed by atoms with Crippen LogP contribution in [-0.4, -0.2) is 22.6 Å². The van der Waals surface area contributed by atoms with Crippen LogP contribution >= 0.6 is 12.2 Å². The van der Waals surface area contributed by atoms with Gasteiger partial charge < -0.3 is 10.2 Å². The van der Waals surface area contributed by atoms with E-state index in [-0.39, 0.29) is 0 Å². The van der Waals surface area contributed by atoms with Gasteiger partial charge in [0.05, 0.1) is 0 Å². The van der Waals surface area contributed by atoms with Crippen LogP contribution in [-0.2, 0) is 0 Å². The Labute approximate surface area is 134 Å². The summed E-state index contributed by atoms with van der Waals surface area (Å²) in [6.45, 7) is 7.85. The van der Waals surface area contributed by atoms with Gasteiger partial charge in [-0.05, 0) is 67.9 Å². The molecule has 0 bridgehead atoms. The Morgan fingerprint density at radius 1 is 1.29 bits per heavy atom. The molecular weight excluding hydrogens is 276 g/mol. The SMILES string of the molecule is CCC(C)c1ccc(NC(=S)N2CCCCC2CC)cc1. The molecule has 1 fully saturated rings. The highest BCUT2D eigenvalue weighted by Crippen LogP contribution is 2.23. The van der Waals surface area contributed by atoms with Gasteiger partial charge in [-0.3, -0.25) is 0 Å². The molecule has 1 heterocycles. The third-order valence-electron chi connectivity index (χ3n) is 4.70. The molecule has 1 aliphatic heterocycles. The summed E-state index contributed by atoms with van der Waals surface area (Å²) in [6.07, 6.45) is 6.21. The Hall–Kier alpha value is -1.09. The first-order valence-electron chi connectivity index (χ1n) is 8.33. The number of hydrogen-bond donors (Lipinski definition) is 1. The summed E-state index contributed by atoms with van der Waals surface area (Å²) in [5.74, 6) is 0.623. The average Bonchev–Trinajstić information content (AvgIpc) is 2.54. The van der Waals surface area contributed by atoms with Gasteiger partial charge in [-0.2, -0.15) is 0 Å². The molecule has 2 nitrogen and oxygen atoms in total. The Kier molecular flexibility index (Phi) is 6.04. The molecule has 2 rings (SSSR count). The zero-order valence-corrected chi connectivity index (χ0v) is 14.4. The highest BCUT2D eigenvalue weighted by Gasteiger charge is 2.22. The Bertz CT molecular complexity index is 455. The predicted molar refractivity (Wildman–Crippen MR) is 96.0 cm³/mol. The minimum Gasteiger partial charge on any atom is -0.346 e. The summed E-state index contributed by atoms with van der Waals surface area (Å²) in [6, 6.07) is 9.34. The Morgan fingerprint density at radius 3 is 2.62 bits per heavy atom. The lowest BCUT2D eigenvalue weighted by Gasteiger charge is -2.37. The Morgan fingerprint density at radius 2 is 2.00 bits per heavy atom. The van der Waals surface area contributed by atoms with E-state index in [4.69, 9.17) is 12.2 Å². The largest absolute Gasteiger partial charge is 0.346 e. The second-order valence-corrected chi connectivity index (χ2v) is 6.50. The summed E-state index contributed by atoms with van der Waals surface area (Å²) < 4.78 is 0. The van der Waals surface area contributed by atoms with Gasteiger partial charge in [0, 0.05) is 18.3 Å². The van der Waals surface area contributed by atoms with Gasteiger partial charge in [-0.25, -0.2) is 0 Å². The highest BCUT2D eigenvalue weighted by molar-refractivity contribution is 7.80. The number of nitrogens with one attached hydrogen (secondary N) is 1. The molecule has 2 atom stereocenters. The van der Waals surface area contributed by atoms with Crippen molar-refractivity contribution in [2.75, 3.05) is 11.9 Å². The number of nitrogens with zero attached hydrogens (tertiary/aromatic N) is 1. The van der Waals surface area contributed by atoms with E-state index in [0.717, 1.165) is 17.3 Å². The zero-order valence-electron chi connectivity index (χ0n) is 13.6. The molecule has 1 aromatic rings. The quantitative estimate of drug-likeness (QED) is 0.773. The van der Waals surface area contributed by atoms with Gasteiger partial charge in [-0.1, -0.05) is 32.9 Å². The van der Waals surface area contributed by atoms with Crippen molar-refractivity contribution in [2.45, 2.75) is 64.8 Å². The van der Waals surface area contributed by atoms with Crippen LogP contribution in [0.15, 0.2) is 24.3 Å². The fourth-order valence-corrected chi connectivity index (χ4v) is 3.38. The summed E-state index contributed by atoms with van der Waals surface area (Å²) in [4.78, 5) is 2.38. The van der Waals surface area contributed by atoms with Gasteiger partial charge in [-0.15, -0.1) is 0 Å². The zero-order chi connectivity index (χ0) is 15.2. The van der Waals surface area contributed by atoms with E-state index in [1.54, 1.807) is 0 Å². The number of anilines is 1. The Balaban J connectivity index is 1.98.